The molecule has 1 amide bonds. The second kappa shape index (κ2) is 8.60. The summed E-state index contributed by atoms with van der Waals surface area (Å²) in [4.78, 5) is 11.9. The van der Waals surface area contributed by atoms with Gasteiger partial charge in [0, 0.05) is 17.0 Å². The van der Waals surface area contributed by atoms with Gasteiger partial charge < -0.3 is 11.1 Å². The van der Waals surface area contributed by atoms with Crippen LogP contribution in [0.3, 0.4) is 0 Å². The summed E-state index contributed by atoms with van der Waals surface area (Å²) in [6.45, 7) is 7.07. The number of nitrogens with one attached hydrogen (secondary N) is 1. The zero-order chi connectivity index (χ0) is 15.0. The molecule has 0 fully saturated rings. The van der Waals surface area contributed by atoms with Crippen molar-refractivity contribution in [3.63, 3.8) is 0 Å². The van der Waals surface area contributed by atoms with Crippen LogP contribution in [0.1, 0.15) is 32.8 Å². The molecular formula is C15H24N2OS2. The monoisotopic (exact) mass is 312 g/mol. The first-order valence-corrected chi connectivity index (χ1v) is 9.08. The maximum Gasteiger partial charge on any atom is 0.237 e. The quantitative estimate of drug-likeness (QED) is 0.600. The number of nitrogens with two attached hydrogens (primary N) is 1. The average molecular weight is 313 g/mol. The molecule has 0 unspecified atom stereocenters. The first-order valence-electron chi connectivity index (χ1n) is 6.76. The Morgan fingerprint density at radius 1 is 1.30 bits per heavy atom. The molecule has 20 heavy (non-hydrogen) atoms. The fraction of sp³-hybridized carbons (Fsp3) is 0.533. The molecule has 112 valence electrons. The molecular weight excluding hydrogens is 288 g/mol. The minimum Gasteiger partial charge on any atom is -0.351 e. The summed E-state index contributed by atoms with van der Waals surface area (Å²) in [5.41, 5.74) is 6.99. The van der Waals surface area contributed by atoms with Crippen molar-refractivity contribution < 1.29 is 4.79 Å². The molecule has 0 saturated heterocycles. The van der Waals surface area contributed by atoms with Gasteiger partial charge in [-0.25, -0.2) is 0 Å². The number of benzene rings is 1. The number of hydrogen-bond donors (Lipinski definition) is 2. The molecule has 0 aromatic heterocycles. The molecule has 1 aromatic carbocycles. The normalized spacial score (nSPS) is 13.0. The highest BCUT2D eigenvalue weighted by atomic mass is 33.1. The number of carbonyl (C=O) groups is 1. The lowest BCUT2D eigenvalue weighted by Gasteiger charge is -2.17. The predicted octanol–water partition coefficient (Wildman–Crippen LogP) is 3.20. The van der Waals surface area contributed by atoms with E-state index in [2.05, 4.69) is 26.1 Å². The minimum absolute atomic E-state index is 0.0739. The Labute approximate surface area is 129 Å². The van der Waals surface area contributed by atoms with Crippen molar-refractivity contribution in [2.45, 2.75) is 44.5 Å². The summed E-state index contributed by atoms with van der Waals surface area (Å²) >= 11 is 0. The standard InChI is InChI=1S/C15H24N2OS2/c1-15(2,3)20-19-10-9-13(16)14(18)17-11-12-7-5-4-6-8-12/h4-8,13H,9-11,16H2,1-3H3,(H,17,18)/t13-/m0/s1. The Balaban J connectivity index is 2.19. The molecule has 0 saturated carbocycles. The molecule has 0 aliphatic heterocycles. The van der Waals surface area contributed by atoms with E-state index < -0.39 is 6.04 Å². The zero-order valence-corrected chi connectivity index (χ0v) is 14.0. The Hall–Kier alpha value is -0.650. The average Bonchev–Trinajstić information content (AvgIpc) is 2.40. The molecule has 1 aromatic rings. The third-order valence-electron chi connectivity index (χ3n) is 2.47. The van der Waals surface area contributed by atoms with E-state index in [-0.39, 0.29) is 10.7 Å². The van der Waals surface area contributed by atoms with Crippen LogP contribution in [-0.2, 0) is 11.3 Å². The van der Waals surface area contributed by atoms with Gasteiger partial charge in [0.2, 0.25) is 5.91 Å². The first kappa shape index (κ1) is 17.4. The van der Waals surface area contributed by atoms with Crippen LogP contribution in [0, 0.1) is 0 Å². The molecule has 0 radical (unpaired) electrons. The van der Waals surface area contributed by atoms with E-state index in [9.17, 15) is 4.79 Å². The van der Waals surface area contributed by atoms with Crippen LogP contribution < -0.4 is 11.1 Å². The van der Waals surface area contributed by atoms with E-state index in [0.29, 0.717) is 13.0 Å². The lowest BCUT2D eigenvalue weighted by molar-refractivity contribution is -0.122. The zero-order valence-electron chi connectivity index (χ0n) is 12.4. The van der Waals surface area contributed by atoms with Gasteiger partial charge in [-0.05, 0) is 12.0 Å². The highest BCUT2D eigenvalue weighted by molar-refractivity contribution is 8.77. The van der Waals surface area contributed by atoms with E-state index in [1.54, 1.807) is 10.8 Å². The van der Waals surface area contributed by atoms with Crippen LogP contribution >= 0.6 is 21.6 Å². The fourth-order valence-electron chi connectivity index (χ4n) is 1.44. The van der Waals surface area contributed by atoms with Gasteiger partial charge >= 0.3 is 0 Å². The lowest BCUT2D eigenvalue weighted by Crippen LogP contribution is -2.40. The van der Waals surface area contributed by atoms with Crippen molar-refractivity contribution in [2.75, 3.05) is 5.75 Å². The first-order chi connectivity index (χ1) is 9.38. The number of hydrogen-bond acceptors (Lipinski definition) is 4. The second-order valence-electron chi connectivity index (χ2n) is 5.62. The van der Waals surface area contributed by atoms with Gasteiger partial charge in [0.1, 0.15) is 0 Å². The van der Waals surface area contributed by atoms with Gasteiger partial charge in [0.25, 0.3) is 0 Å². The summed E-state index contributed by atoms with van der Waals surface area (Å²) in [5.74, 6) is 0.817. The molecule has 0 heterocycles. The smallest absolute Gasteiger partial charge is 0.237 e. The van der Waals surface area contributed by atoms with Crippen LogP contribution in [0.5, 0.6) is 0 Å². The van der Waals surface area contributed by atoms with Gasteiger partial charge in [0.05, 0.1) is 6.04 Å². The van der Waals surface area contributed by atoms with Gasteiger partial charge in [-0.15, -0.1) is 0 Å². The topological polar surface area (TPSA) is 55.1 Å². The SMILES string of the molecule is CC(C)(C)SSCC[C@H](N)C(=O)NCc1ccccc1. The number of amides is 1. The van der Waals surface area contributed by atoms with Crippen molar-refractivity contribution in [1.82, 2.24) is 5.32 Å². The highest BCUT2D eigenvalue weighted by Crippen LogP contribution is 2.35. The Bertz CT molecular complexity index is 404. The third-order valence-corrected chi connectivity index (χ3v) is 5.84. The van der Waals surface area contributed by atoms with Crippen LogP contribution in [0.15, 0.2) is 30.3 Å². The van der Waals surface area contributed by atoms with Crippen LogP contribution in [0.25, 0.3) is 0 Å². The van der Waals surface area contributed by atoms with Crippen LogP contribution in [0.2, 0.25) is 0 Å². The maximum atomic E-state index is 11.9. The predicted molar refractivity (Wildman–Crippen MR) is 90.7 cm³/mol. The molecule has 5 heteroatoms. The number of carbonyl (C=O) groups excluding carboxylic acids is 1. The summed E-state index contributed by atoms with van der Waals surface area (Å²) in [5, 5.41) is 2.88. The summed E-state index contributed by atoms with van der Waals surface area (Å²) in [7, 11) is 3.60. The van der Waals surface area contributed by atoms with Crippen LogP contribution in [0.4, 0.5) is 0 Å². The molecule has 0 bridgehead atoms. The molecule has 0 spiro atoms. The Kier molecular flexibility index (Phi) is 7.48. The molecule has 1 atom stereocenters. The maximum absolute atomic E-state index is 11.9. The van der Waals surface area contributed by atoms with Crippen molar-refractivity contribution in [3.8, 4) is 0 Å². The summed E-state index contributed by atoms with van der Waals surface area (Å²) in [6, 6.07) is 9.43. The number of rotatable bonds is 7. The Morgan fingerprint density at radius 3 is 2.55 bits per heavy atom. The van der Waals surface area contributed by atoms with E-state index >= 15 is 0 Å². The lowest BCUT2D eigenvalue weighted by atomic mass is 10.2. The molecule has 3 nitrogen and oxygen atoms in total. The third kappa shape index (κ3) is 7.82. The van der Waals surface area contributed by atoms with Crippen LogP contribution in [-0.4, -0.2) is 22.4 Å². The molecule has 1 rings (SSSR count). The second-order valence-corrected chi connectivity index (χ2v) is 8.86. The van der Waals surface area contributed by atoms with Crippen molar-refractivity contribution in [1.29, 1.82) is 0 Å². The Morgan fingerprint density at radius 2 is 1.95 bits per heavy atom. The van der Waals surface area contributed by atoms with E-state index in [4.69, 9.17) is 5.73 Å². The van der Waals surface area contributed by atoms with Crippen molar-refractivity contribution >= 4 is 27.5 Å². The minimum atomic E-state index is -0.424. The fourth-order valence-corrected chi connectivity index (χ4v) is 3.83. The van der Waals surface area contributed by atoms with E-state index in [1.165, 1.54) is 0 Å². The van der Waals surface area contributed by atoms with E-state index in [1.807, 2.05) is 41.1 Å². The van der Waals surface area contributed by atoms with Gasteiger partial charge in [-0.1, -0.05) is 72.7 Å². The van der Waals surface area contributed by atoms with Gasteiger partial charge in [-0.3, -0.25) is 4.79 Å². The highest BCUT2D eigenvalue weighted by Gasteiger charge is 2.15. The van der Waals surface area contributed by atoms with Gasteiger partial charge in [-0.2, -0.15) is 0 Å². The molecule has 3 N–H and O–H groups in total. The van der Waals surface area contributed by atoms with Crippen molar-refractivity contribution in [3.05, 3.63) is 35.9 Å². The summed E-state index contributed by atoms with van der Waals surface area (Å²) in [6.07, 6.45) is 0.703. The molecule has 0 aliphatic rings. The van der Waals surface area contributed by atoms with Crippen molar-refractivity contribution in [2.24, 2.45) is 5.73 Å². The van der Waals surface area contributed by atoms with E-state index in [0.717, 1.165) is 11.3 Å². The largest absolute Gasteiger partial charge is 0.351 e. The summed E-state index contributed by atoms with van der Waals surface area (Å²) < 4.78 is 0.240. The molecule has 0 aliphatic carbocycles. The van der Waals surface area contributed by atoms with Gasteiger partial charge in [0.15, 0.2) is 0 Å².